The van der Waals surface area contributed by atoms with E-state index in [2.05, 4.69) is 26.1 Å². The van der Waals surface area contributed by atoms with Gasteiger partial charge < -0.3 is 9.73 Å². The van der Waals surface area contributed by atoms with Crippen molar-refractivity contribution in [3.8, 4) is 0 Å². The van der Waals surface area contributed by atoms with Crippen molar-refractivity contribution in [2.75, 3.05) is 13.1 Å². The zero-order valence-corrected chi connectivity index (χ0v) is 14.1. The van der Waals surface area contributed by atoms with E-state index in [1.807, 2.05) is 6.92 Å². The average Bonchev–Trinajstić information content (AvgIpc) is 2.96. The van der Waals surface area contributed by atoms with Crippen molar-refractivity contribution < 1.29 is 12.8 Å². The number of sulfonamides is 1. The van der Waals surface area contributed by atoms with E-state index in [0.29, 0.717) is 30.7 Å². The van der Waals surface area contributed by atoms with Gasteiger partial charge in [0, 0.05) is 12.6 Å². The summed E-state index contributed by atoms with van der Waals surface area (Å²) in [5, 5.41) is 3.31. The largest absolute Gasteiger partial charge is 0.447 e. The van der Waals surface area contributed by atoms with Crippen LogP contribution in [0.25, 0.3) is 0 Å². The van der Waals surface area contributed by atoms with Crippen LogP contribution in [-0.2, 0) is 16.6 Å². The zero-order valence-electron chi connectivity index (χ0n) is 13.3. The van der Waals surface area contributed by atoms with Gasteiger partial charge in [-0.2, -0.15) is 4.31 Å². The lowest BCUT2D eigenvalue weighted by Crippen LogP contribution is -2.33. The molecule has 0 aliphatic carbocycles. The molecule has 1 saturated heterocycles. The van der Waals surface area contributed by atoms with Gasteiger partial charge in [-0.1, -0.05) is 20.8 Å². The fraction of sp³-hybridized carbons (Fsp3) is 0.733. The van der Waals surface area contributed by atoms with Gasteiger partial charge in [0.15, 0.2) is 0 Å². The molecule has 1 aromatic heterocycles. The van der Waals surface area contributed by atoms with Crippen molar-refractivity contribution in [3.05, 3.63) is 17.9 Å². The molecule has 1 aliphatic rings. The Bertz CT molecular complexity index is 565. The van der Waals surface area contributed by atoms with Gasteiger partial charge in [-0.05, 0) is 43.9 Å². The minimum atomic E-state index is -3.50. The van der Waals surface area contributed by atoms with Gasteiger partial charge in [0.1, 0.15) is 5.76 Å². The average molecular weight is 314 g/mol. The smallest absolute Gasteiger partial charge is 0.276 e. The summed E-state index contributed by atoms with van der Waals surface area (Å²) in [7, 11) is -3.50. The second-order valence-electron chi connectivity index (χ2n) is 6.51. The molecule has 1 fully saturated rings. The minimum Gasteiger partial charge on any atom is -0.447 e. The highest BCUT2D eigenvalue weighted by atomic mass is 32.2. The Morgan fingerprint density at radius 3 is 2.67 bits per heavy atom. The highest BCUT2D eigenvalue weighted by Crippen LogP contribution is 2.29. The molecule has 21 heavy (non-hydrogen) atoms. The molecule has 0 saturated carbocycles. The molecule has 2 atom stereocenters. The van der Waals surface area contributed by atoms with Crippen LogP contribution in [0.2, 0.25) is 0 Å². The van der Waals surface area contributed by atoms with Crippen molar-refractivity contribution in [1.82, 2.24) is 9.62 Å². The molecule has 5 nitrogen and oxygen atoms in total. The maximum atomic E-state index is 12.6. The normalized spacial score (nSPS) is 24.0. The lowest BCUT2D eigenvalue weighted by atomic mass is 10.1. The fourth-order valence-corrected chi connectivity index (χ4v) is 4.48. The first kappa shape index (κ1) is 16.5. The summed E-state index contributed by atoms with van der Waals surface area (Å²) >= 11 is 0. The van der Waals surface area contributed by atoms with Crippen molar-refractivity contribution in [2.24, 2.45) is 11.8 Å². The molecule has 2 unspecified atom stereocenters. The Kier molecular flexibility index (Phi) is 5.11. The lowest BCUT2D eigenvalue weighted by Gasteiger charge is -2.19. The van der Waals surface area contributed by atoms with Crippen LogP contribution in [0.15, 0.2) is 21.6 Å². The molecule has 0 bridgehead atoms. The molecular formula is C15H26N2O3S. The van der Waals surface area contributed by atoms with Gasteiger partial charge in [0.25, 0.3) is 10.0 Å². The molecule has 120 valence electrons. The van der Waals surface area contributed by atoms with Crippen molar-refractivity contribution in [1.29, 1.82) is 0 Å². The summed E-state index contributed by atoms with van der Waals surface area (Å²) in [4.78, 5) is 0. The van der Waals surface area contributed by atoms with E-state index in [1.54, 1.807) is 16.4 Å². The Hall–Kier alpha value is -0.850. The summed E-state index contributed by atoms with van der Waals surface area (Å²) < 4.78 is 32.3. The topological polar surface area (TPSA) is 62.6 Å². The second kappa shape index (κ2) is 6.50. The molecule has 2 rings (SSSR count). The Morgan fingerprint density at radius 1 is 1.38 bits per heavy atom. The molecule has 1 N–H and O–H groups in total. The minimum absolute atomic E-state index is 0.0395. The van der Waals surface area contributed by atoms with Crippen molar-refractivity contribution in [2.45, 2.75) is 51.8 Å². The fourth-order valence-electron chi connectivity index (χ4n) is 2.79. The summed E-state index contributed by atoms with van der Waals surface area (Å²) in [6.07, 6.45) is 0.905. The van der Waals surface area contributed by atoms with E-state index in [1.165, 1.54) is 0 Å². The first-order valence-electron chi connectivity index (χ1n) is 7.62. The van der Waals surface area contributed by atoms with Gasteiger partial charge in [0.05, 0.1) is 6.54 Å². The quantitative estimate of drug-likeness (QED) is 0.876. The molecular weight excluding hydrogens is 288 g/mol. The maximum Gasteiger partial charge on any atom is 0.276 e. The molecule has 0 aromatic carbocycles. The molecule has 2 heterocycles. The van der Waals surface area contributed by atoms with Crippen LogP contribution in [0.4, 0.5) is 0 Å². The highest BCUT2D eigenvalue weighted by Gasteiger charge is 2.37. The standard InChI is InChI=1S/C15H26N2O3S/c1-11(2)8-16-9-14-5-6-15(20-14)21(18,19)17-10-12(3)7-13(17)4/h5-6,11-13,16H,7-10H2,1-4H3. The second-order valence-corrected chi connectivity index (χ2v) is 8.33. The maximum absolute atomic E-state index is 12.6. The summed E-state index contributed by atoms with van der Waals surface area (Å²) in [5.74, 6) is 1.61. The Balaban J connectivity index is 2.06. The monoisotopic (exact) mass is 314 g/mol. The molecule has 0 radical (unpaired) electrons. The first-order valence-corrected chi connectivity index (χ1v) is 9.06. The van der Waals surface area contributed by atoms with E-state index in [0.717, 1.165) is 13.0 Å². The molecule has 1 aromatic rings. The van der Waals surface area contributed by atoms with Crippen LogP contribution in [0, 0.1) is 11.8 Å². The predicted octanol–water partition coefficient (Wildman–Crippen LogP) is 2.44. The van der Waals surface area contributed by atoms with Gasteiger partial charge in [-0.25, -0.2) is 8.42 Å². The third-order valence-corrected chi connectivity index (χ3v) is 5.63. The lowest BCUT2D eigenvalue weighted by molar-refractivity contribution is 0.357. The van der Waals surface area contributed by atoms with Crippen LogP contribution in [-0.4, -0.2) is 31.9 Å². The number of hydrogen-bond acceptors (Lipinski definition) is 4. The SMILES string of the molecule is CC(C)CNCc1ccc(S(=O)(=O)N2CC(C)CC2C)o1. The Morgan fingerprint density at radius 2 is 2.10 bits per heavy atom. The van der Waals surface area contributed by atoms with Gasteiger partial charge >= 0.3 is 0 Å². The van der Waals surface area contributed by atoms with E-state index in [-0.39, 0.29) is 11.1 Å². The Labute approximate surface area is 127 Å². The van der Waals surface area contributed by atoms with Crippen LogP contribution in [0.3, 0.4) is 0 Å². The molecule has 0 amide bonds. The van der Waals surface area contributed by atoms with E-state index >= 15 is 0 Å². The predicted molar refractivity (Wildman–Crippen MR) is 82.4 cm³/mol. The van der Waals surface area contributed by atoms with Crippen LogP contribution >= 0.6 is 0 Å². The number of nitrogens with one attached hydrogen (secondary N) is 1. The number of nitrogens with zero attached hydrogens (tertiary/aromatic N) is 1. The van der Waals surface area contributed by atoms with Crippen LogP contribution < -0.4 is 5.32 Å². The van der Waals surface area contributed by atoms with E-state index < -0.39 is 10.0 Å². The van der Waals surface area contributed by atoms with E-state index in [9.17, 15) is 8.42 Å². The molecule has 6 heteroatoms. The van der Waals surface area contributed by atoms with Gasteiger partial charge in [-0.3, -0.25) is 0 Å². The zero-order chi connectivity index (χ0) is 15.6. The number of furan rings is 1. The highest BCUT2D eigenvalue weighted by molar-refractivity contribution is 7.89. The molecule has 1 aliphatic heterocycles. The van der Waals surface area contributed by atoms with Gasteiger partial charge in [0.2, 0.25) is 5.09 Å². The molecule has 0 spiro atoms. The summed E-state index contributed by atoms with van der Waals surface area (Å²) in [5.41, 5.74) is 0. The summed E-state index contributed by atoms with van der Waals surface area (Å²) in [6, 6.07) is 3.35. The van der Waals surface area contributed by atoms with Crippen molar-refractivity contribution >= 4 is 10.0 Å². The van der Waals surface area contributed by atoms with Crippen LogP contribution in [0.5, 0.6) is 0 Å². The summed E-state index contributed by atoms with van der Waals surface area (Å²) in [6.45, 7) is 10.3. The van der Waals surface area contributed by atoms with E-state index in [4.69, 9.17) is 4.42 Å². The number of hydrogen-bond donors (Lipinski definition) is 1. The third kappa shape index (κ3) is 3.87. The van der Waals surface area contributed by atoms with Gasteiger partial charge in [-0.15, -0.1) is 0 Å². The van der Waals surface area contributed by atoms with Crippen molar-refractivity contribution in [3.63, 3.8) is 0 Å². The first-order chi connectivity index (χ1) is 9.80. The van der Waals surface area contributed by atoms with Crippen LogP contribution in [0.1, 0.15) is 39.9 Å². The number of rotatable bonds is 6. The third-order valence-electron chi connectivity index (χ3n) is 3.78.